The van der Waals surface area contributed by atoms with Gasteiger partial charge in [0.15, 0.2) is 0 Å². The predicted molar refractivity (Wildman–Crippen MR) is 71.7 cm³/mol. The summed E-state index contributed by atoms with van der Waals surface area (Å²) >= 11 is 0. The van der Waals surface area contributed by atoms with Crippen molar-refractivity contribution in [3.63, 3.8) is 0 Å². The largest absolute Gasteiger partial charge is 0.494 e. The van der Waals surface area contributed by atoms with Crippen LogP contribution in [0.1, 0.15) is 34.9 Å². The third kappa shape index (κ3) is 3.00. The molecule has 0 aliphatic rings. The molecule has 1 aromatic carbocycles. The lowest BCUT2D eigenvalue weighted by atomic mass is 10.1. The minimum absolute atomic E-state index is 0.0579. The van der Waals surface area contributed by atoms with Gasteiger partial charge in [0.1, 0.15) is 17.6 Å². The summed E-state index contributed by atoms with van der Waals surface area (Å²) in [6, 6.07) is 10.1. The lowest BCUT2D eigenvalue weighted by Crippen LogP contribution is -2.01. The maximum atomic E-state index is 11.3. The Bertz CT molecular complexity index is 587. The number of esters is 1. The van der Waals surface area contributed by atoms with E-state index < -0.39 is 12.1 Å². The van der Waals surface area contributed by atoms with Gasteiger partial charge in [-0.2, -0.15) is 0 Å². The van der Waals surface area contributed by atoms with Gasteiger partial charge in [-0.25, -0.2) is 4.79 Å². The normalized spacial score (nSPS) is 11.9. The molecule has 0 bridgehead atoms. The smallest absolute Gasteiger partial charge is 0.373 e. The first-order valence-corrected chi connectivity index (χ1v) is 6.24. The van der Waals surface area contributed by atoms with Gasteiger partial charge < -0.3 is 19.0 Å². The Labute approximate surface area is 116 Å². The van der Waals surface area contributed by atoms with Gasteiger partial charge in [-0.05, 0) is 36.8 Å². The van der Waals surface area contributed by atoms with E-state index in [1.807, 2.05) is 13.0 Å². The van der Waals surface area contributed by atoms with Gasteiger partial charge in [-0.3, -0.25) is 0 Å². The maximum Gasteiger partial charge on any atom is 0.373 e. The highest BCUT2D eigenvalue weighted by Gasteiger charge is 2.18. The van der Waals surface area contributed by atoms with Crippen molar-refractivity contribution in [1.82, 2.24) is 0 Å². The molecule has 20 heavy (non-hydrogen) atoms. The van der Waals surface area contributed by atoms with Crippen LogP contribution in [0, 0.1) is 0 Å². The van der Waals surface area contributed by atoms with E-state index in [1.54, 1.807) is 24.3 Å². The zero-order valence-corrected chi connectivity index (χ0v) is 11.3. The standard InChI is InChI=1S/C15H16O5/c1-3-19-11-6-4-5-10(9-11)14(16)12-7-8-13(20-12)15(17)18-2/h4-9,14,16H,3H2,1-2H3. The second-order valence-electron chi connectivity index (χ2n) is 4.10. The Hall–Kier alpha value is -2.27. The Morgan fingerprint density at radius 2 is 2.15 bits per heavy atom. The molecule has 0 saturated heterocycles. The number of benzene rings is 1. The van der Waals surface area contributed by atoms with E-state index in [2.05, 4.69) is 4.74 Å². The summed E-state index contributed by atoms with van der Waals surface area (Å²) in [6.45, 7) is 2.44. The molecule has 5 nitrogen and oxygen atoms in total. The topological polar surface area (TPSA) is 68.9 Å². The molecule has 0 radical (unpaired) electrons. The zero-order valence-electron chi connectivity index (χ0n) is 11.3. The number of hydrogen-bond acceptors (Lipinski definition) is 5. The fourth-order valence-electron chi connectivity index (χ4n) is 1.82. The molecule has 5 heteroatoms. The van der Waals surface area contributed by atoms with Crippen LogP contribution in [0.2, 0.25) is 0 Å². The molecule has 0 saturated carbocycles. The van der Waals surface area contributed by atoms with Crippen molar-refractivity contribution in [3.8, 4) is 5.75 Å². The number of aliphatic hydroxyl groups is 1. The number of hydrogen-bond donors (Lipinski definition) is 1. The molecule has 0 aliphatic heterocycles. The average molecular weight is 276 g/mol. The lowest BCUT2D eigenvalue weighted by Gasteiger charge is -2.10. The number of carbonyl (C=O) groups excluding carboxylic acids is 1. The van der Waals surface area contributed by atoms with Crippen molar-refractivity contribution in [2.24, 2.45) is 0 Å². The highest BCUT2D eigenvalue weighted by Crippen LogP contribution is 2.26. The second-order valence-corrected chi connectivity index (χ2v) is 4.10. The summed E-state index contributed by atoms with van der Waals surface area (Å²) in [6.07, 6.45) is -0.964. The van der Waals surface area contributed by atoms with E-state index >= 15 is 0 Å². The molecule has 0 aliphatic carbocycles. The highest BCUT2D eigenvalue weighted by molar-refractivity contribution is 5.86. The third-order valence-electron chi connectivity index (χ3n) is 2.77. The Balaban J connectivity index is 2.22. The van der Waals surface area contributed by atoms with Gasteiger partial charge in [0, 0.05) is 0 Å². The van der Waals surface area contributed by atoms with Crippen LogP contribution in [-0.4, -0.2) is 24.8 Å². The fourth-order valence-corrected chi connectivity index (χ4v) is 1.82. The quantitative estimate of drug-likeness (QED) is 0.850. The molecular formula is C15H16O5. The molecule has 2 rings (SSSR count). The third-order valence-corrected chi connectivity index (χ3v) is 2.77. The first-order chi connectivity index (χ1) is 9.65. The van der Waals surface area contributed by atoms with Crippen LogP contribution in [0.15, 0.2) is 40.8 Å². The minimum Gasteiger partial charge on any atom is -0.494 e. The Morgan fingerprint density at radius 1 is 1.35 bits per heavy atom. The van der Waals surface area contributed by atoms with E-state index in [0.717, 1.165) is 0 Å². The molecule has 0 amide bonds. The van der Waals surface area contributed by atoms with Crippen LogP contribution in [0.25, 0.3) is 0 Å². The molecule has 2 aromatic rings. The molecule has 106 valence electrons. The Morgan fingerprint density at radius 3 is 2.85 bits per heavy atom. The predicted octanol–water partition coefficient (Wildman–Crippen LogP) is 2.55. The number of ether oxygens (including phenoxy) is 2. The van der Waals surface area contributed by atoms with Gasteiger partial charge in [0.25, 0.3) is 0 Å². The number of methoxy groups -OCH3 is 1. The summed E-state index contributed by atoms with van der Waals surface area (Å²) in [4.78, 5) is 11.3. The van der Waals surface area contributed by atoms with E-state index in [-0.39, 0.29) is 11.5 Å². The molecule has 0 spiro atoms. The van der Waals surface area contributed by atoms with Crippen LogP contribution in [0.4, 0.5) is 0 Å². The van der Waals surface area contributed by atoms with Gasteiger partial charge in [0.05, 0.1) is 13.7 Å². The second kappa shape index (κ2) is 6.25. The summed E-state index contributed by atoms with van der Waals surface area (Å²) < 4.78 is 15.2. The van der Waals surface area contributed by atoms with Crippen LogP contribution in [-0.2, 0) is 4.74 Å². The van der Waals surface area contributed by atoms with Crippen LogP contribution >= 0.6 is 0 Å². The van der Waals surface area contributed by atoms with Crippen LogP contribution in [0.3, 0.4) is 0 Å². The minimum atomic E-state index is -0.964. The summed E-state index contributed by atoms with van der Waals surface area (Å²) in [5.74, 6) is 0.428. The molecule has 1 atom stereocenters. The van der Waals surface area contributed by atoms with Crippen LogP contribution in [0.5, 0.6) is 5.75 Å². The summed E-state index contributed by atoms with van der Waals surface area (Å²) in [5.41, 5.74) is 0.627. The average Bonchev–Trinajstić information content (AvgIpc) is 2.96. The molecule has 1 aromatic heterocycles. The highest BCUT2D eigenvalue weighted by atomic mass is 16.5. The lowest BCUT2D eigenvalue weighted by molar-refractivity contribution is 0.0558. The molecular weight excluding hydrogens is 260 g/mol. The van der Waals surface area contributed by atoms with Crippen molar-refractivity contribution in [2.75, 3.05) is 13.7 Å². The first kappa shape index (κ1) is 14.1. The van der Waals surface area contributed by atoms with E-state index in [0.29, 0.717) is 17.9 Å². The summed E-state index contributed by atoms with van der Waals surface area (Å²) in [5, 5.41) is 10.3. The molecule has 1 unspecified atom stereocenters. The van der Waals surface area contributed by atoms with Crippen molar-refractivity contribution in [1.29, 1.82) is 0 Å². The molecule has 1 N–H and O–H groups in total. The molecule has 1 heterocycles. The van der Waals surface area contributed by atoms with Gasteiger partial charge in [0.2, 0.25) is 5.76 Å². The first-order valence-electron chi connectivity index (χ1n) is 6.24. The monoisotopic (exact) mass is 276 g/mol. The fraction of sp³-hybridized carbons (Fsp3) is 0.267. The van der Waals surface area contributed by atoms with Gasteiger partial charge in [-0.1, -0.05) is 12.1 Å². The van der Waals surface area contributed by atoms with E-state index in [4.69, 9.17) is 9.15 Å². The number of aliphatic hydroxyl groups excluding tert-OH is 1. The van der Waals surface area contributed by atoms with E-state index in [1.165, 1.54) is 13.2 Å². The van der Waals surface area contributed by atoms with E-state index in [9.17, 15) is 9.90 Å². The van der Waals surface area contributed by atoms with Crippen LogP contribution < -0.4 is 4.74 Å². The van der Waals surface area contributed by atoms with Gasteiger partial charge in [-0.15, -0.1) is 0 Å². The zero-order chi connectivity index (χ0) is 14.5. The van der Waals surface area contributed by atoms with Crippen molar-refractivity contribution in [2.45, 2.75) is 13.0 Å². The number of carbonyl (C=O) groups is 1. The van der Waals surface area contributed by atoms with Crippen molar-refractivity contribution >= 4 is 5.97 Å². The SMILES string of the molecule is CCOc1cccc(C(O)c2ccc(C(=O)OC)o2)c1. The maximum absolute atomic E-state index is 11.3. The Kier molecular flexibility index (Phi) is 4.42. The van der Waals surface area contributed by atoms with Crippen molar-refractivity contribution in [3.05, 3.63) is 53.5 Å². The van der Waals surface area contributed by atoms with Crippen molar-refractivity contribution < 1.29 is 23.8 Å². The summed E-state index contributed by atoms with van der Waals surface area (Å²) in [7, 11) is 1.27. The number of furan rings is 1. The number of rotatable bonds is 5. The molecule has 0 fully saturated rings. The van der Waals surface area contributed by atoms with Gasteiger partial charge >= 0.3 is 5.97 Å².